The molecule has 0 aromatic heterocycles. The van der Waals surface area contributed by atoms with Crippen molar-refractivity contribution in [2.45, 2.75) is 12.6 Å². The molecule has 0 aliphatic carbocycles. The minimum atomic E-state index is -2.04. The zero-order valence-corrected chi connectivity index (χ0v) is 13.5. The number of amides is 1. The van der Waals surface area contributed by atoms with Crippen molar-refractivity contribution in [1.82, 2.24) is 5.32 Å². The third-order valence-electron chi connectivity index (χ3n) is 3.26. The molecule has 1 amide bonds. The molecule has 1 atom stereocenters. The Morgan fingerprint density at radius 1 is 1.17 bits per heavy atom. The standard InChI is InChI=1S/C16H12Cl2F3NO/c1-16(21,10-6-5-9(17)7-11(10)18)8-22-15(23)14-12(19)3-2-4-13(14)20/h2-7H,8H2,1H3,(H,22,23)/t16-/m1/s1. The Morgan fingerprint density at radius 3 is 2.35 bits per heavy atom. The van der Waals surface area contributed by atoms with Crippen molar-refractivity contribution in [3.05, 3.63) is 69.2 Å². The van der Waals surface area contributed by atoms with Gasteiger partial charge in [-0.2, -0.15) is 0 Å². The van der Waals surface area contributed by atoms with Gasteiger partial charge in [0.05, 0.1) is 6.54 Å². The Kier molecular flexibility index (Phi) is 5.22. The number of halogens is 5. The summed E-state index contributed by atoms with van der Waals surface area (Å²) in [6, 6.07) is 7.24. The summed E-state index contributed by atoms with van der Waals surface area (Å²) in [5, 5.41) is 2.61. The number of hydrogen-bond donors (Lipinski definition) is 1. The maximum atomic E-state index is 14.8. The van der Waals surface area contributed by atoms with Gasteiger partial charge in [0.1, 0.15) is 17.2 Å². The quantitative estimate of drug-likeness (QED) is 0.825. The predicted molar refractivity (Wildman–Crippen MR) is 83.6 cm³/mol. The van der Waals surface area contributed by atoms with Gasteiger partial charge in [-0.15, -0.1) is 0 Å². The topological polar surface area (TPSA) is 29.1 Å². The van der Waals surface area contributed by atoms with Gasteiger partial charge in [0.15, 0.2) is 5.67 Å². The first kappa shape index (κ1) is 17.6. The summed E-state index contributed by atoms with van der Waals surface area (Å²) in [5.74, 6) is -3.09. The van der Waals surface area contributed by atoms with Gasteiger partial charge in [-0.1, -0.05) is 35.3 Å². The lowest BCUT2D eigenvalue weighted by Gasteiger charge is -2.23. The Labute approximate surface area is 141 Å². The highest BCUT2D eigenvalue weighted by Gasteiger charge is 2.30. The SMILES string of the molecule is C[C@@](F)(CNC(=O)c1c(F)cccc1F)c1ccc(Cl)cc1Cl. The van der Waals surface area contributed by atoms with Crippen molar-refractivity contribution in [3.8, 4) is 0 Å². The van der Waals surface area contributed by atoms with Gasteiger partial charge in [-0.25, -0.2) is 13.2 Å². The fourth-order valence-corrected chi connectivity index (χ4v) is 2.66. The first-order valence-corrected chi connectivity index (χ1v) is 7.34. The van der Waals surface area contributed by atoms with E-state index in [4.69, 9.17) is 23.2 Å². The maximum Gasteiger partial charge on any atom is 0.257 e. The Bertz CT molecular complexity index is 730. The van der Waals surface area contributed by atoms with Crippen molar-refractivity contribution >= 4 is 29.1 Å². The molecule has 2 rings (SSSR count). The maximum absolute atomic E-state index is 14.8. The molecule has 23 heavy (non-hydrogen) atoms. The van der Waals surface area contributed by atoms with E-state index in [9.17, 15) is 18.0 Å². The van der Waals surface area contributed by atoms with Crippen LogP contribution >= 0.6 is 23.2 Å². The Hall–Kier alpha value is -1.72. The van der Waals surface area contributed by atoms with Crippen LogP contribution in [0, 0.1) is 11.6 Å². The van der Waals surface area contributed by atoms with Crippen molar-refractivity contribution in [3.63, 3.8) is 0 Å². The molecule has 0 saturated carbocycles. The molecule has 122 valence electrons. The van der Waals surface area contributed by atoms with Crippen LogP contribution in [0.25, 0.3) is 0 Å². The first-order chi connectivity index (χ1) is 10.7. The lowest BCUT2D eigenvalue weighted by atomic mass is 9.97. The van der Waals surface area contributed by atoms with Crippen molar-refractivity contribution in [2.24, 2.45) is 0 Å². The van der Waals surface area contributed by atoms with Crippen LogP contribution in [0.1, 0.15) is 22.8 Å². The van der Waals surface area contributed by atoms with E-state index in [-0.39, 0.29) is 10.6 Å². The van der Waals surface area contributed by atoms with Gasteiger partial charge in [-0.3, -0.25) is 4.79 Å². The van der Waals surface area contributed by atoms with Crippen molar-refractivity contribution in [2.75, 3.05) is 6.54 Å². The minimum absolute atomic E-state index is 0.0915. The number of hydrogen-bond acceptors (Lipinski definition) is 1. The second kappa shape index (κ2) is 6.81. The van der Waals surface area contributed by atoms with E-state index in [1.165, 1.54) is 25.1 Å². The number of carbonyl (C=O) groups excluding carboxylic acids is 1. The van der Waals surface area contributed by atoms with Gasteiger partial charge in [0.2, 0.25) is 0 Å². The van der Waals surface area contributed by atoms with E-state index in [1.54, 1.807) is 0 Å². The highest BCUT2D eigenvalue weighted by Crippen LogP contribution is 2.33. The van der Waals surface area contributed by atoms with Crippen LogP contribution in [0.4, 0.5) is 13.2 Å². The zero-order chi connectivity index (χ0) is 17.2. The summed E-state index contributed by atoms with van der Waals surface area (Å²) in [7, 11) is 0. The lowest BCUT2D eigenvalue weighted by molar-refractivity contribution is 0.0902. The summed E-state index contributed by atoms with van der Waals surface area (Å²) >= 11 is 11.7. The lowest BCUT2D eigenvalue weighted by Crippen LogP contribution is -2.36. The molecular weight excluding hydrogens is 350 g/mol. The minimum Gasteiger partial charge on any atom is -0.348 e. The van der Waals surface area contributed by atoms with E-state index in [2.05, 4.69) is 5.32 Å². The highest BCUT2D eigenvalue weighted by molar-refractivity contribution is 6.35. The van der Waals surface area contributed by atoms with Crippen molar-refractivity contribution < 1.29 is 18.0 Å². The van der Waals surface area contributed by atoms with E-state index in [0.717, 1.165) is 18.2 Å². The second-order valence-electron chi connectivity index (χ2n) is 5.10. The van der Waals surface area contributed by atoms with Crippen LogP contribution in [0.3, 0.4) is 0 Å². The average Bonchev–Trinajstić information content (AvgIpc) is 2.44. The van der Waals surface area contributed by atoms with Gasteiger partial charge >= 0.3 is 0 Å². The van der Waals surface area contributed by atoms with Gasteiger partial charge in [0.25, 0.3) is 5.91 Å². The zero-order valence-electron chi connectivity index (χ0n) is 12.0. The molecule has 2 nitrogen and oxygen atoms in total. The molecule has 0 heterocycles. The first-order valence-electron chi connectivity index (χ1n) is 6.59. The summed E-state index contributed by atoms with van der Waals surface area (Å²) in [6.45, 7) is 0.682. The van der Waals surface area contributed by atoms with Gasteiger partial charge < -0.3 is 5.32 Å². The summed E-state index contributed by atoms with van der Waals surface area (Å²) in [5.41, 5.74) is -2.69. The normalized spacial score (nSPS) is 13.5. The molecule has 0 spiro atoms. The molecule has 0 aliphatic heterocycles. The molecule has 0 bridgehead atoms. The monoisotopic (exact) mass is 361 g/mol. The molecule has 0 fully saturated rings. The molecule has 0 unspecified atom stereocenters. The molecule has 2 aromatic rings. The number of rotatable bonds is 4. The predicted octanol–water partition coefficient (Wildman–Crippen LogP) is 4.89. The van der Waals surface area contributed by atoms with Crippen LogP contribution in [0.2, 0.25) is 10.0 Å². The van der Waals surface area contributed by atoms with Crippen LogP contribution in [-0.4, -0.2) is 12.5 Å². The second-order valence-corrected chi connectivity index (χ2v) is 5.94. The summed E-state index contributed by atoms with van der Waals surface area (Å²) in [6.07, 6.45) is 0. The van der Waals surface area contributed by atoms with E-state index < -0.39 is 35.3 Å². The highest BCUT2D eigenvalue weighted by atomic mass is 35.5. The molecular formula is C16H12Cl2F3NO. The molecule has 0 saturated heterocycles. The van der Waals surface area contributed by atoms with Crippen LogP contribution < -0.4 is 5.32 Å². The smallest absolute Gasteiger partial charge is 0.257 e. The molecule has 7 heteroatoms. The third-order valence-corrected chi connectivity index (χ3v) is 3.81. The number of benzene rings is 2. The fraction of sp³-hybridized carbons (Fsp3) is 0.188. The largest absolute Gasteiger partial charge is 0.348 e. The van der Waals surface area contributed by atoms with Crippen molar-refractivity contribution in [1.29, 1.82) is 0 Å². The number of nitrogens with one attached hydrogen (secondary N) is 1. The summed E-state index contributed by atoms with van der Waals surface area (Å²) in [4.78, 5) is 11.9. The Morgan fingerprint density at radius 2 is 1.78 bits per heavy atom. The van der Waals surface area contributed by atoms with Crippen LogP contribution in [0.15, 0.2) is 36.4 Å². The van der Waals surface area contributed by atoms with E-state index in [0.29, 0.717) is 5.02 Å². The molecule has 0 aliphatic rings. The number of alkyl halides is 1. The van der Waals surface area contributed by atoms with Crippen LogP contribution in [-0.2, 0) is 5.67 Å². The van der Waals surface area contributed by atoms with Gasteiger partial charge in [-0.05, 0) is 31.2 Å². The fourth-order valence-electron chi connectivity index (χ4n) is 2.06. The van der Waals surface area contributed by atoms with Gasteiger partial charge in [0, 0.05) is 15.6 Å². The Balaban J connectivity index is 2.17. The van der Waals surface area contributed by atoms with E-state index in [1.807, 2.05) is 0 Å². The molecule has 1 N–H and O–H groups in total. The average molecular weight is 362 g/mol. The molecule has 2 aromatic carbocycles. The van der Waals surface area contributed by atoms with Crippen LogP contribution in [0.5, 0.6) is 0 Å². The summed E-state index contributed by atoms with van der Waals surface area (Å²) < 4.78 is 41.8. The van der Waals surface area contributed by atoms with E-state index >= 15 is 0 Å². The third kappa shape index (κ3) is 3.98. The molecule has 0 radical (unpaired) electrons. The number of carbonyl (C=O) groups is 1.